The number of halogens is 1. The fourth-order valence-corrected chi connectivity index (χ4v) is 4.00. The summed E-state index contributed by atoms with van der Waals surface area (Å²) in [5.41, 5.74) is 1.11. The van der Waals surface area contributed by atoms with Crippen molar-refractivity contribution < 1.29 is 9.90 Å². The number of carboxylic acids is 1. The second kappa shape index (κ2) is 5.85. The molecule has 1 N–H and O–H groups in total. The highest BCUT2D eigenvalue weighted by Gasteiger charge is 2.35. The lowest BCUT2D eigenvalue weighted by atomic mass is 9.84. The summed E-state index contributed by atoms with van der Waals surface area (Å²) in [5.74, 6) is -0.273. The van der Waals surface area contributed by atoms with Crippen LogP contribution in [0.2, 0.25) is 5.02 Å². The van der Waals surface area contributed by atoms with Gasteiger partial charge in [0.2, 0.25) is 0 Å². The Kier molecular flexibility index (Phi) is 4.09. The highest BCUT2D eigenvalue weighted by atomic mass is 35.5. The van der Waals surface area contributed by atoms with Crippen LogP contribution >= 0.6 is 11.6 Å². The van der Waals surface area contributed by atoms with Crippen molar-refractivity contribution >= 4 is 23.3 Å². The smallest absolute Gasteiger partial charge is 0.337 e. The van der Waals surface area contributed by atoms with Gasteiger partial charge in [0.1, 0.15) is 0 Å². The molecule has 2 saturated heterocycles. The van der Waals surface area contributed by atoms with Crippen molar-refractivity contribution in [3.8, 4) is 0 Å². The van der Waals surface area contributed by atoms with Crippen LogP contribution in [0.3, 0.4) is 0 Å². The van der Waals surface area contributed by atoms with E-state index in [-0.39, 0.29) is 0 Å². The van der Waals surface area contributed by atoms with Crippen molar-refractivity contribution in [3.63, 3.8) is 0 Å². The molecule has 4 nitrogen and oxygen atoms in total. The van der Waals surface area contributed by atoms with Gasteiger partial charge in [0.25, 0.3) is 0 Å². The molecule has 5 heteroatoms. The van der Waals surface area contributed by atoms with E-state index < -0.39 is 5.97 Å². The zero-order valence-corrected chi connectivity index (χ0v) is 13.0. The minimum Gasteiger partial charge on any atom is -0.478 e. The highest BCUT2D eigenvalue weighted by molar-refractivity contribution is 6.31. The Balaban J connectivity index is 1.84. The maximum Gasteiger partial charge on any atom is 0.337 e. The largest absolute Gasteiger partial charge is 0.478 e. The predicted molar refractivity (Wildman–Crippen MR) is 84.4 cm³/mol. The Morgan fingerprint density at radius 3 is 2.90 bits per heavy atom. The average molecular weight is 309 g/mol. The maximum absolute atomic E-state index is 11.5. The van der Waals surface area contributed by atoms with Crippen LogP contribution in [0.25, 0.3) is 0 Å². The second-order valence-electron chi connectivity index (χ2n) is 6.15. The summed E-state index contributed by atoms with van der Waals surface area (Å²) in [7, 11) is 2.21. The molecule has 1 aromatic rings. The van der Waals surface area contributed by atoms with E-state index in [0.29, 0.717) is 22.5 Å². The van der Waals surface area contributed by atoms with Gasteiger partial charge < -0.3 is 14.9 Å². The van der Waals surface area contributed by atoms with Crippen molar-refractivity contribution in [3.05, 3.63) is 28.8 Å². The van der Waals surface area contributed by atoms with Crippen LogP contribution in [-0.4, -0.2) is 48.7 Å². The topological polar surface area (TPSA) is 43.8 Å². The number of fused-ring (bicyclic) bond motifs is 1. The fourth-order valence-electron chi connectivity index (χ4n) is 3.83. The van der Waals surface area contributed by atoms with E-state index in [0.717, 1.165) is 25.2 Å². The minimum absolute atomic E-state index is 0.310. The summed E-state index contributed by atoms with van der Waals surface area (Å²) in [6.45, 7) is 3.03. The summed E-state index contributed by atoms with van der Waals surface area (Å²) >= 11 is 5.94. The van der Waals surface area contributed by atoms with Crippen LogP contribution in [0.4, 0.5) is 5.69 Å². The zero-order chi connectivity index (χ0) is 15.0. The molecular weight excluding hydrogens is 288 g/mol. The van der Waals surface area contributed by atoms with Gasteiger partial charge in [-0.3, -0.25) is 0 Å². The van der Waals surface area contributed by atoms with E-state index in [2.05, 4.69) is 16.8 Å². The predicted octanol–water partition coefficient (Wildman–Crippen LogP) is 2.96. The molecule has 2 aliphatic rings. The van der Waals surface area contributed by atoms with Crippen LogP contribution in [-0.2, 0) is 0 Å². The molecule has 2 heterocycles. The van der Waals surface area contributed by atoms with Crippen LogP contribution in [0.1, 0.15) is 29.6 Å². The third kappa shape index (κ3) is 2.87. The third-order valence-corrected chi connectivity index (χ3v) is 5.11. The fraction of sp³-hybridized carbons (Fsp3) is 0.562. The van der Waals surface area contributed by atoms with Crippen molar-refractivity contribution in [2.45, 2.75) is 25.3 Å². The van der Waals surface area contributed by atoms with E-state index in [1.807, 2.05) is 6.07 Å². The van der Waals surface area contributed by atoms with Gasteiger partial charge in [0.05, 0.1) is 11.3 Å². The van der Waals surface area contributed by atoms with Crippen LogP contribution in [0.5, 0.6) is 0 Å². The summed E-state index contributed by atoms with van der Waals surface area (Å²) in [6.07, 6.45) is 3.57. The zero-order valence-electron chi connectivity index (χ0n) is 12.3. The summed E-state index contributed by atoms with van der Waals surface area (Å²) in [6, 6.07) is 5.83. The molecular formula is C16H21ClN2O2. The first-order valence-electron chi connectivity index (χ1n) is 7.54. The molecule has 0 saturated carbocycles. The number of hydrogen-bond donors (Lipinski definition) is 1. The SMILES string of the molecule is CN1CCCC2CN(c3ccc(Cl)cc3C(=O)O)CCC21. The van der Waals surface area contributed by atoms with Gasteiger partial charge in [-0.15, -0.1) is 0 Å². The molecule has 0 aromatic heterocycles. The van der Waals surface area contributed by atoms with E-state index >= 15 is 0 Å². The summed E-state index contributed by atoms with van der Waals surface area (Å²) in [5, 5.41) is 9.88. The van der Waals surface area contributed by atoms with Gasteiger partial charge in [0, 0.05) is 24.2 Å². The standard InChI is InChI=1S/C16H21ClN2O2/c1-18-7-2-3-11-10-19(8-6-14(11)18)15-5-4-12(17)9-13(15)16(20)21/h4-5,9,11,14H,2-3,6-8,10H2,1H3,(H,20,21). The number of aromatic carboxylic acids is 1. The monoisotopic (exact) mass is 308 g/mol. The molecule has 21 heavy (non-hydrogen) atoms. The number of nitrogens with zero attached hydrogens (tertiary/aromatic N) is 2. The van der Waals surface area contributed by atoms with Crippen LogP contribution < -0.4 is 4.90 Å². The van der Waals surface area contributed by atoms with E-state index in [1.165, 1.54) is 19.4 Å². The van der Waals surface area contributed by atoms with Gasteiger partial charge in [-0.25, -0.2) is 4.79 Å². The molecule has 3 rings (SSSR count). The quantitative estimate of drug-likeness (QED) is 0.912. The number of piperidine rings is 2. The van der Waals surface area contributed by atoms with Crippen LogP contribution in [0, 0.1) is 5.92 Å². The Labute approximate surface area is 130 Å². The number of hydrogen-bond acceptors (Lipinski definition) is 3. The normalized spacial score (nSPS) is 26.5. The molecule has 114 valence electrons. The number of benzene rings is 1. The lowest BCUT2D eigenvalue weighted by Gasteiger charge is -2.46. The summed E-state index contributed by atoms with van der Waals surface area (Å²) < 4.78 is 0. The number of carbonyl (C=O) groups is 1. The first-order valence-corrected chi connectivity index (χ1v) is 7.92. The van der Waals surface area contributed by atoms with Gasteiger partial charge in [-0.1, -0.05) is 11.6 Å². The van der Waals surface area contributed by atoms with Gasteiger partial charge in [0.15, 0.2) is 0 Å². The first-order chi connectivity index (χ1) is 10.1. The van der Waals surface area contributed by atoms with E-state index in [4.69, 9.17) is 11.6 Å². The molecule has 0 aliphatic carbocycles. The lowest BCUT2D eigenvalue weighted by molar-refractivity contribution is 0.0696. The molecule has 2 unspecified atom stereocenters. The van der Waals surface area contributed by atoms with E-state index in [9.17, 15) is 9.90 Å². The Morgan fingerprint density at radius 2 is 2.14 bits per heavy atom. The Bertz CT molecular complexity index is 549. The Hall–Kier alpha value is -1.26. The van der Waals surface area contributed by atoms with Crippen molar-refractivity contribution in [1.82, 2.24) is 4.90 Å². The first kappa shape index (κ1) is 14.7. The Morgan fingerprint density at radius 1 is 1.33 bits per heavy atom. The molecule has 0 spiro atoms. The average Bonchev–Trinajstić information content (AvgIpc) is 2.47. The van der Waals surface area contributed by atoms with Crippen LogP contribution in [0.15, 0.2) is 18.2 Å². The van der Waals surface area contributed by atoms with Gasteiger partial charge in [-0.2, -0.15) is 0 Å². The maximum atomic E-state index is 11.5. The van der Waals surface area contributed by atoms with Gasteiger partial charge in [-0.05, 0) is 57.0 Å². The number of likely N-dealkylation sites (tertiary alicyclic amines) is 1. The molecule has 2 aliphatic heterocycles. The second-order valence-corrected chi connectivity index (χ2v) is 6.59. The third-order valence-electron chi connectivity index (χ3n) is 4.88. The van der Waals surface area contributed by atoms with Crippen molar-refractivity contribution in [1.29, 1.82) is 0 Å². The number of carboxylic acid groups (broad SMARTS) is 1. The molecule has 2 atom stereocenters. The molecule has 1 aromatic carbocycles. The molecule has 2 fully saturated rings. The molecule has 0 amide bonds. The number of rotatable bonds is 2. The highest BCUT2D eigenvalue weighted by Crippen LogP contribution is 2.34. The molecule has 0 radical (unpaired) electrons. The summed E-state index contributed by atoms with van der Waals surface area (Å²) in [4.78, 5) is 16.1. The van der Waals surface area contributed by atoms with Crippen molar-refractivity contribution in [2.24, 2.45) is 5.92 Å². The number of anilines is 1. The lowest BCUT2D eigenvalue weighted by Crippen LogP contribution is -2.53. The molecule has 0 bridgehead atoms. The van der Waals surface area contributed by atoms with Crippen molar-refractivity contribution in [2.75, 3.05) is 31.6 Å². The van der Waals surface area contributed by atoms with E-state index in [1.54, 1.807) is 12.1 Å². The van der Waals surface area contributed by atoms with Gasteiger partial charge >= 0.3 is 5.97 Å². The minimum atomic E-state index is -0.907.